The van der Waals surface area contributed by atoms with Gasteiger partial charge >= 0.3 is 11.9 Å². The summed E-state index contributed by atoms with van der Waals surface area (Å²) in [7, 11) is 0. The number of carbonyl (C=O) groups excluding carboxylic acids is 2. The summed E-state index contributed by atoms with van der Waals surface area (Å²) >= 11 is 0. The van der Waals surface area contributed by atoms with Crippen LogP contribution in [0.15, 0.2) is 72.9 Å². The summed E-state index contributed by atoms with van der Waals surface area (Å²) in [5, 5.41) is 19.8. The van der Waals surface area contributed by atoms with Gasteiger partial charge in [-0.25, -0.2) is 0 Å². The maximum absolute atomic E-state index is 12.0. The molecule has 2 atom stereocenters. The van der Waals surface area contributed by atoms with E-state index < -0.39 is 12.2 Å². The smallest absolute Gasteiger partial charge is 0.306 e. The zero-order valence-electron chi connectivity index (χ0n) is 31.3. The van der Waals surface area contributed by atoms with Crippen LogP contribution in [0.3, 0.4) is 0 Å². The van der Waals surface area contributed by atoms with Gasteiger partial charge in [-0.2, -0.15) is 0 Å². The number of aliphatic hydroxyl groups is 2. The van der Waals surface area contributed by atoms with Crippen LogP contribution in [0.25, 0.3) is 0 Å². The highest BCUT2D eigenvalue weighted by Gasteiger charge is 2.11. The first-order valence-corrected chi connectivity index (χ1v) is 19.6. The van der Waals surface area contributed by atoms with Gasteiger partial charge in [0.1, 0.15) is 19.3 Å². The lowest BCUT2D eigenvalue weighted by Crippen LogP contribution is -2.25. The van der Waals surface area contributed by atoms with Gasteiger partial charge in [-0.05, 0) is 44.9 Å². The van der Waals surface area contributed by atoms with Crippen LogP contribution in [0.5, 0.6) is 0 Å². The van der Waals surface area contributed by atoms with Crippen LogP contribution in [0.1, 0.15) is 162 Å². The molecular weight excluding hydrogens is 612 g/mol. The van der Waals surface area contributed by atoms with Crippen LogP contribution >= 0.6 is 0 Å². The number of aliphatic hydroxyl groups excluding tert-OH is 2. The van der Waals surface area contributed by atoms with Crippen molar-refractivity contribution in [3.8, 4) is 0 Å². The predicted molar refractivity (Wildman–Crippen MR) is 206 cm³/mol. The van der Waals surface area contributed by atoms with Crippen molar-refractivity contribution in [2.24, 2.45) is 0 Å². The molecule has 6 nitrogen and oxygen atoms in total. The van der Waals surface area contributed by atoms with E-state index in [0.29, 0.717) is 19.3 Å². The lowest BCUT2D eigenvalue weighted by atomic mass is 10.0. The second kappa shape index (κ2) is 38.1. The fourth-order valence-corrected chi connectivity index (χ4v) is 5.08. The average molecular weight is 685 g/mol. The van der Waals surface area contributed by atoms with E-state index in [1.807, 2.05) is 30.4 Å². The highest BCUT2D eigenvalue weighted by molar-refractivity contribution is 5.70. The molecule has 0 aromatic carbocycles. The monoisotopic (exact) mass is 685 g/mol. The van der Waals surface area contributed by atoms with E-state index in [4.69, 9.17) is 9.47 Å². The van der Waals surface area contributed by atoms with E-state index in [0.717, 1.165) is 44.9 Å². The van der Waals surface area contributed by atoms with E-state index in [1.54, 1.807) is 6.08 Å². The molecule has 0 saturated carbocycles. The maximum Gasteiger partial charge on any atom is 0.306 e. The highest BCUT2D eigenvalue weighted by atomic mass is 16.6. The molecule has 0 aromatic heterocycles. The van der Waals surface area contributed by atoms with Crippen molar-refractivity contribution in [1.82, 2.24) is 0 Å². The Morgan fingerprint density at radius 2 is 1.00 bits per heavy atom. The minimum absolute atomic E-state index is 0.150. The molecule has 49 heavy (non-hydrogen) atoms. The number of carbonyl (C=O) groups is 2. The summed E-state index contributed by atoms with van der Waals surface area (Å²) in [4.78, 5) is 23.9. The van der Waals surface area contributed by atoms with E-state index in [2.05, 4.69) is 50.3 Å². The second-order valence-electron chi connectivity index (χ2n) is 12.9. The number of rotatable bonds is 34. The Balaban J connectivity index is 3.62. The van der Waals surface area contributed by atoms with E-state index in [1.165, 1.54) is 77.0 Å². The van der Waals surface area contributed by atoms with Crippen molar-refractivity contribution in [3.63, 3.8) is 0 Å². The fourth-order valence-electron chi connectivity index (χ4n) is 5.08. The van der Waals surface area contributed by atoms with Crippen LogP contribution in [0.2, 0.25) is 0 Å². The normalized spacial score (nSPS) is 13.6. The summed E-state index contributed by atoms with van der Waals surface area (Å²) in [6, 6.07) is 0. The Kier molecular flexibility index (Phi) is 36.0. The second-order valence-corrected chi connectivity index (χ2v) is 12.9. The Hall–Kier alpha value is -2.70. The number of esters is 2. The van der Waals surface area contributed by atoms with Crippen LogP contribution in [0, 0.1) is 0 Å². The largest absolute Gasteiger partial charge is 0.463 e. The minimum Gasteiger partial charge on any atom is -0.463 e. The standard InChI is InChI=1S/C43H72O6/c1-3-5-7-8-9-10-11-12-13-16-19-22-25-28-32-36-42(46)48-38-41(45)39-49-43(47)37-33-29-26-23-20-17-14-15-18-21-24-27-31-35-40(44)34-30-6-4-2/h6,15,17-18,20,24,26-27,29-31,35,40-41,44-45H,3-5,7-14,16,19,21-23,25,28,32-34,36-39H2,1-2H3/b18-15-,20-17-,27-24+,29-26-,30-6-,35-31+/t40?,41-/m1/s1. The molecular formula is C43H72O6. The molecule has 0 fully saturated rings. The van der Waals surface area contributed by atoms with E-state index in [-0.39, 0.29) is 31.6 Å². The van der Waals surface area contributed by atoms with Gasteiger partial charge in [-0.15, -0.1) is 0 Å². The zero-order chi connectivity index (χ0) is 35.9. The molecule has 0 saturated heterocycles. The molecule has 0 aromatic rings. The van der Waals surface area contributed by atoms with Crippen molar-refractivity contribution in [2.45, 2.75) is 174 Å². The first-order chi connectivity index (χ1) is 24.0. The Morgan fingerprint density at radius 1 is 0.531 bits per heavy atom. The van der Waals surface area contributed by atoms with Crippen LogP contribution < -0.4 is 0 Å². The number of hydrogen-bond donors (Lipinski definition) is 2. The number of hydrogen-bond acceptors (Lipinski definition) is 6. The molecule has 0 rings (SSSR count). The van der Waals surface area contributed by atoms with Crippen molar-refractivity contribution in [3.05, 3.63) is 72.9 Å². The molecule has 1 unspecified atom stereocenters. The average Bonchev–Trinajstić information content (AvgIpc) is 3.09. The molecule has 0 radical (unpaired) electrons. The predicted octanol–water partition coefficient (Wildman–Crippen LogP) is 11.1. The van der Waals surface area contributed by atoms with Gasteiger partial charge in [-0.1, -0.05) is 177 Å². The third kappa shape index (κ3) is 38.0. The van der Waals surface area contributed by atoms with Crippen LogP contribution in [-0.4, -0.2) is 47.6 Å². The molecule has 0 aliphatic carbocycles. The van der Waals surface area contributed by atoms with E-state index >= 15 is 0 Å². The lowest BCUT2D eigenvalue weighted by Gasteiger charge is -2.12. The van der Waals surface area contributed by atoms with Gasteiger partial charge in [0.15, 0.2) is 0 Å². The summed E-state index contributed by atoms with van der Waals surface area (Å²) in [6.07, 6.45) is 47.2. The Bertz CT molecular complexity index is 929. The van der Waals surface area contributed by atoms with Crippen LogP contribution in [-0.2, 0) is 19.1 Å². The SMILES string of the molecule is CC/C=C\CC(O)/C=C/C=C/C/C=C\C/C=C\C/C=C\CCC(=O)OC[C@H](O)COC(=O)CCCCCCCCCCCCCCCCC. The van der Waals surface area contributed by atoms with Gasteiger partial charge in [-0.3, -0.25) is 9.59 Å². The quantitative estimate of drug-likeness (QED) is 0.0303. The lowest BCUT2D eigenvalue weighted by molar-refractivity contribution is -0.152. The molecule has 0 aliphatic heterocycles. The van der Waals surface area contributed by atoms with Gasteiger partial charge < -0.3 is 19.7 Å². The molecule has 0 spiro atoms. The van der Waals surface area contributed by atoms with Gasteiger partial charge in [0.05, 0.1) is 6.10 Å². The first kappa shape index (κ1) is 46.3. The third-order valence-corrected chi connectivity index (χ3v) is 8.05. The fraction of sp³-hybridized carbons (Fsp3) is 0.674. The minimum atomic E-state index is -1.01. The Labute approximate surface area is 300 Å². The summed E-state index contributed by atoms with van der Waals surface area (Å²) in [6.45, 7) is 4.02. The van der Waals surface area contributed by atoms with Crippen molar-refractivity contribution < 1.29 is 29.3 Å². The van der Waals surface area contributed by atoms with Gasteiger partial charge in [0, 0.05) is 12.8 Å². The van der Waals surface area contributed by atoms with Crippen molar-refractivity contribution >= 4 is 11.9 Å². The summed E-state index contributed by atoms with van der Waals surface area (Å²) in [5.41, 5.74) is 0. The van der Waals surface area contributed by atoms with Gasteiger partial charge in [0.2, 0.25) is 0 Å². The summed E-state index contributed by atoms with van der Waals surface area (Å²) < 4.78 is 10.3. The molecule has 280 valence electrons. The topological polar surface area (TPSA) is 93.1 Å². The zero-order valence-corrected chi connectivity index (χ0v) is 31.3. The number of unbranched alkanes of at least 4 members (excludes halogenated alkanes) is 14. The molecule has 2 N–H and O–H groups in total. The Morgan fingerprint density at radius 3 is 1.53 bits per heavy atom. The van der Waals surface area contributed by atoms with E-state index in [9.17, 15) is 19.8 Å². The molecule has 0 amide bonds. The third-order valence-electron chi connectivity index (χ3n) is 8.05. The molecule has 6 heteroatoms. The number of allylic oxidation sites excluding steroid dienone is 10. The molecule has 0 bridgehead atoms. The highest BCUT2D eigenvalue weighted by Crippen LogP contribution is 2.14. The summed E-state index contributed by atoms with van der Waals surface area (Å²) in [5.74, 6) is -0.682. The van der Waals surface area contributed by atoms with Gasteiger partial charge in [0.25, 0.3) is 0 Å². The molecule has 0 aliphatic rings. The maximum atomic E-state index is 12.0. The molecule has 0 heterocycles. The van der Waals surface area contributed by atoms with Crippen LogP contribution in [0.4, 0.5) is 0 Å². The first-order valence-electron chi connectivity index (χ1n) is 19.6. The van der Waals surface area contributed by atoms with Crippen molar-refractivity contribution in [1.29, 1.82) is 0 Å². The number of ether oxygens (including phenoxy) is 2. The van der Waals surface area contributed by atoms with Crippen molar-refractivity contribution in [2.75, 3.05) is 13.2 Å².